The molecule has 0 saturated carbocycles. The van der Waals surface area contributed by atoms with Crippen LogP contribution in [-0.4, -0.2) is 0 Å². The molecule has 0 amide bonds. The Morgan fingerprint density at radius 2 is 0.667 bits per heavy atom. The molecule has 0 spiro atoms. The lowest BCUT2D eigenvalue weighted by atomic mass is 9.83. The monoisotopic (exact) mass is 606 g/mol. The van der Waals surface area contributed by atoms with Gasteiger partial charge in [0.25, 0.3) is 0 Å². The Kier molecular flexibility index (Phi) is 5.98. The van der Waals surface area contributed by atoms with Crippen molar-refractivity contribution in [2.45, 2.75) is 0 Å². The summed E-state index contributed by atoms with van der Waals surface area (Å²) >= 11 is 0. The van der Waals surface area contributed by atoms with E-state index in [0.29, 0.717) is 0 Å². The van der Waals surface area contributed by atoms with Crippen LogP contribution in [0, 0.1) is 0 Å². The lowest BCUT2D eigenvalue weighted by Crippen LogP contribution is -1.93. The summed E-state index contributed by atoms with van der Waals surface area (Å²) in [6, 6.07) is 67.1. The van der Waals surface area contributed by atoms with Gasteiger partial charge in [0.1, 0.15) is 0 Å². The van der Waals surface area contributed by atoms with Crippen LogP contribution in [0.5, 0.6) is 0 Å². The molecule has 0 aliphatic carbocycles. The Bertz CT molecular complexity index is 2840. The highest BCUT2D eigenvalue weighted by atomic mass is 14.2. The van der Waals surface area contributed by atoms with Crippen molar-refractivity contribution in [2.24, 2.45) is 0 Å². The number of hydrogen-bond acceptors (Lipinski definition) is 0. The van der Waals surface area contributed by atoms with Crippen LogP contribution in [0.1, 0.15) is 0 Å². The molecule has 0 heterocycles. The van der Waals surface area contributed by atoms with Gasteiger partial charge in [0, 0.05) is 0 Å². The molecule has 0 radical (unpaired) electrons. The van der Waals surface area contributed by atoms with Crippen molar-refractivity contribution in [2.75, 3.05) is 0 Å². The molecular weight excluding hydrogens is 577 g/mol. The lowest BCUT2D eigenvalue weighted by Gasteiger charge is -2.20. The van der Waals surface area contributed by atoms with E-state index in [9.17, 15) is 0 Å². The molecule has 10 aromatic rings. The molecule has 48 heavy (non-hydrogen) atoms. The third kappa shape index (κ3) is 4.03. The highest BCUT2D eigenvalue weighted by Gasteiger charge is 2.19. The van der Waals surface area contributed by atoms with E-state index >= 15 is 0 Å². The van der Waals surface area contributed by atoms with Crippen molar-refractivity contribution in [3.8, 4) is 33.4 Å². The number of benzene rings is 10. The van der Waals surface area contributed by atoms with Crippen LogP contribution in [0.25, 0.3) is 98.0 Å². The molecule has 10 aromatic carbocycles. The molecular formula is C48H30. The molecule has 0 heteroatoms. The summed E-state index contributed by atoms with van der Waals surface area (Å²) in [5.74, 6) is 0. The summed E-state index contributed by atoms with van der Waals surface area (Å²) in [5, 5.41) is 15.4. The summed E-state index contributed by atoms with van der Waals surface area (Å²) in [5.41, 5.74) is 7.52. The van der Waals surface area contributed by atoms with E-state index in [4.69, 9.17) is 0 Å². The van der Waals surface area contributed by atoms with Crippen LogP contribution < -0.4 is 0 Å². The summed E-state index contributed by atoms with van der Waals surface area (Å²) in [7, 11) is 0. The minimum absolute atomic E-state index is 1.22. The van der Waals surface area contributed by atoms with Gasteiger partial charge in [-0.15, -0.1) is 0 Å². The zero-order valence-electron chi connectivity index (χ0n) is 26.3. The van der Waals surface area contributed by atoms with E-state index in [1.165, 1.54) is 98.0 Å². The standard InChI is InChI=1S/C48H30/c1-2-13-31(14-3-1)33-25-28-44-46(29-33)47(42-22-10-11-23-43(42)48(44)41-24-12-16-32-15-4-5-17-35(32)41)34-26-27-40-38-20-7-6-18-36(38)37-19-8-9-21-39(37)45(40)30-34/h1-30H. The first-order valence-corrected chi connectivity index (χ1v) is 16.7. The minimum atomic E-state index is 1.22. The second-order valence-electron chi connectivity index (χ2n) is 12.8. The van der Waals surface area contributed by atoms with E-state index in [1.807, 2.05) is 0 Å². The first-order valence-electron chi connectivity index (χ1n) is 16.7. The van der Waals surface area contributed by atoms with E-state index in [-0.39, 0.29) is 0 Å². The third-order valence-corrected chi connectivity index (χ3v) is 10.2. The molecule has 0 aliphatic rings. The maximum Gasteiger partial charge on any atom is -0.00201 e. The van der Waals surface area contributed by atoms with Crippen molar-refractivity contribution < 1.29 is 0 Å². The van der Waals surface area contributed by atoms with Gasteiger partial charge >= 0.3 is 0 Å². The molecule has 0 fully saturated rings. The topological polar surface area (TPSA) is 0 Å². The van der Waals surface area contributed by atoms with E-state index in [0.717, 1.165) is 0 Å². The van der Waals surface area contributed by atoms with Crippen molar-refractivity contribution in [3.05, 3.63) is 182 Å². The third-order valence-electron chi connectivity index (χ3n) is 10.2. The van der Waals surface area contributed by atoms with Crippen molar-refractivity contribution in [3.63, 3.8) is 0 Å². The summed E-state index contributed by atoms with van der Waals surface area (Å²) in [6.07, 6.45) is 0. The Labute approximate surface area is 279 Å². The average Bonchev–Trinajstić information content (AvgIpc) is 3.17. The van der Waals surface area contributed by atoms with Gasteiger partial charge < -0.3 is 0 Å². The Balaban J connectivity index is 1.37. The van der Waals surface area contributed by atoms with Gasteiger partial charge in [0.05, 0.1) is 0 Å². The predicted octanol–water partition coefficient (Wildman–Crippen LogP) is 13.6. The Morgan fingerprint density at radius 3 is 1.38 bits per heavy atom. The zero-order chi connectivity index (χ0) is 31.6. The van der Waals surface area contributed by atoms with E-state index in [1.54, 1.807) is 0 Å². The summed E-state index contributed by atoms with van der Waals surface area (Å²) in [4.78, 5) is 0. The molecule has 10 rings (SSSR count). The van der Waals surface area contributed by atoms with Crippen LogP contribution in [-0.2, 0) is 0 Å². The molecule has 222 valence electrons. The number of fused-ring (bicyclic) bond motifs is 9. The maximum atomic E-state index is 2.44. The quantitative estimate of drug-likeness (QED) is 0.139. The highest BCUT2D eigenvalue weighted by molar-refractivity contribution is 6.28. The first-order chi connectivity index (χ1) is 23.8. The van der Waals surface area contributed by atoms with E-state index in [2.05, 4.69) is 182 Å². The summed E-state index contributed by atoms with van der Waals surface area (Å²) in [6.45, 7) is 0. The molecule has 0 unspecified atom stereocenters. The van der Waals surface area contributed by atoms with Crippen LogP contribution in [0.15, 0.2) is 182 Å². The van der Waals surface area contributed by atoms with Crippen LogP contribution >= 0.6 is 0 Å². The number of hydrogen-bond donors (Lipinski definition) is 0. The molecule has 0 nitrogen and oxygen atoms in total. The normalized spacial score (nSPS) is 11.8. The molecule has 0 N–H and O–H groups in total. The smallest absolute Gasteiger partial charge is 0.00201 e. The highest BCUT2D eigenvalue weighted by Crippen LogP contribution is 2.47. The Morgan fingerprint density at radius 1 is 0.208 bits per heavy atom. The van der Waals surface area contributed by atoms with Crippen molar-refractivity contribution in [1.29, 1.82) is 0 Å². The fourth-order valence-corrected chi connectivity index (χ4v) is 8.10. The van der Waals surface area contributed by atoms with Gasteiger partial charge in [-0.3, -0.25) is 0 Å². The van der Waals surface area contributed by atoms with Crippen LogP contribution in [0.4, 0.5) is 0 Å². The fraction of sp³-hybridized carbons (Fsp3) is 0. The first kappa shape index (κ1) is 26.9. The molecule has 0 atom stereocenters. The number of rotatable bonds is 3. The van der Waals surface area contributed by atoms with Gasteiger partial charge in [-0.2, -0.15) is 0 Å². The minimum Gasteiger partial charge on any atom is -0.0622 e. The molecule has 0 aliphatic heterocycles. The molecule has 0 bridgehead atoms. The van der Waals surface area contributed by atoms with Crippen LogP contribution in [0.2, 0.25) is 0 Å². The largest absolute Gasteiger partial charge is 0.0622 e. The fourth-order valence-electron chi connectivity index (χ4n) is 8.10. The average molecular weight is 607 g/mol. The van der Waals surface area contributed by atoms with Gasteiger partial charge in [0.15, 0.2) is 0 Å². The van der Waals surface area contributed by atoms with Crippen molar-refractivity contribution >= 4 is 64.6 Å². The lowest BCUT2D eigenvalue weighted by molar-refractivity contribution is 1.64. The van der Waals surface area contributed by atoms with Gasteiger partial charge in [-0.1, -0.05) is 170 Å². The maximum absolute atomic E-state index is 2.44. The SMILES string of the molecule is c1ccc(-c2ccc3c(-c4cccc5ccccc45)c4ccccc4c(-c4ccc5c6ccccc6c6ccccc6c5c4)c3c2)cc1. The summed E-state index contributed by atoms with van der Waals surface area (Å²) < 4.78 is 0. The Hall–Kier alpha value is -6.24. The zero-order valence-corrected chi connectivity index (χ0v) is 26.3. The second-order valence-corrected chi connectivity index (χ2v) is 12.8. The molecule has 0 aromatic heterocycles. The second kappa shape index (κ2) is 10.7. The van der Waals surface area contributed by atoms with Gasteiger partial charge in [-0.25, -0.2) is 0 Å². The van der Waals surface area contributed by atoms with Crippen LogP contribution in [0.3, 0.4) is 0 Å². The van der Waals surface area contributed by atoms with Gasteiger partial charge in [0.2, 0.25) is 0 Å². The molecule has 0 saturated heterocycles. The van der Waals surface area contributed by atoms with Crippen molar-refractivity contribution in [1.82, 2.24) is 0 Å². The van der Waals surface area contributed by atoms with E-state index < -0.39 is 0 Å². The predicted molar refractivity (Wildman–Crippen MR) is 208 cm³/mol. The van der Waals surface area contributed by atoms with Gasteiger partial charge in [-0.05, 0) is 110 Å².